The van der Waals surface area contributed by atoms with Gasteiger partial charge < -0.3 is 19.0 Å². The molecule has 5 aromatic rings. The zero-order valence-electron chi connectivity index (χ0n) is 19.2. The Bertz CT molecular complexity index is 1490. The summed E-state index contributed by atoms with van der Waals surface area (Å²) in [5, 5.41) is 5.98. The van der Waals surface area contributed by atoms with Gasteiger partial charge in [0.2, 0.25) is 0 Å². The minimum atomic E-state index is -0.378. The summed E-state index contributed by atoms with van der Waals surface area (Å²) in [6.45, 7) is -0.229. The number of carbonyl (C=O) groups is 2. The van der Waals surface area contributed by atoms with E-state index in [0.29, 0.717) is 16.6 Å². The first-order chi connectivity index (χ1) is 17.6. The van der Waals surface area contributed by atoms with Crippen molar-refractivity contribution in [3.63, 3.8) is 0 Å². The number of amides is 2. The molecule has 0 fully saturated rings. The summed E-state index contributed by atoms with van der Waals surface area (Å²) in [7, 11) is 1.91. The van der Waals surface area contributed by atoms with Gasteiger partial charge in [-0.3, -0.25) is 14.9 Å². The molecule has 0 aliphatic carbocycles. The molecule has 0 saturated heterocycles. The van der Waals surface area contributed by atoms with Crippen LogP contribution in [0.4, 0.5) is 10.8 Å². The third-order valence-corrected chi connectivity index (χ3v) is 6.12. The number of benzene rings is 2. The van der Waals surface area contributed by atoms with Crippen LogP contribution < -0.4 is 15.4 Å². The van der Waals surface area contributed by atoms with Crippen LogP contribution in [-0.2, 0) is 11.8 Å². The molecule has 3 heterocycles. The Hall–Kier alpha value is -4.70. The predicted octanol–water partition coefficient (Wildman–Crippen LogP) is 5.07. The van der Waals surface area contributed by atoms with E-state index in [2.05, 4.69) is 20.6 Å². The summed E-state index contributed by atoms with van der Waals surface area (Å²) in [5.74, 6) is 0.650. The van der Waals surface area contributed by atoms with Gasteiger partial charge in [-0.05, 0) is 24.3 Å². The summed E-state index contributed by atoms with van der Waals surface area (Å²) < 4.78 is 12.6. The fraction of sp³-hybridized carbons (Fsp3) is 0.0769. The van der Waals surface area contributed by atoms with Gasteiger partial charge in [-0.15, -0.1) is 0 Å². The van der Waals surface area contributed by atoms with Crippen LogP contribution in [-0.4, -0.2) is 33.0 Å². The number of aromatic nitrogens is 3. The second-order valence-corrected chi connectivity index (χ2v) is 8.72. The number of aryl methyl sites for hydroxylation is 1. The van der Waals surface area contributed by atoms with E-state index in [1.165, 1.54) is 17.6 Å². The summed E-state index contributed by atoms with van der Waals surface area (Å²) in [4.78, 5) is 34.8. The maximum Gasteiger partial charge on any atom is 0.291 e. The van der Waals surface area contributed by atoms with Crippen molar-refractivity contribution < 1.29 is 18.7 Å². The number of furan rings is 1. The van der Waals surface area contributed by atoms with E-state index < -0.39 is 0 Å². The van der Waals surface area contributed by atoms with Gasteiger partial charge in [0.1, 0.15) is 5.75 Å². The van der Waals surface area contributed by atoms with E-state index >= 15 is 0 Å². The number of nitrogens with zero attached hydrogens (tertiary/aromatic N) is 3. The molecule has 36 heavy (non-hydrogen) atoms. The van der Waals surface area contributed by atoms with E-state index in [1.54, 1.807) is 42.6 Å². The van der Waals surface area contributed by atoms with Crippen molar-refractivity contribution in [3.05, 3.63) is 91.1 Å². The second kappa shape index (κ2) is 10.3. The smallest absolute Gasteiger partial charge is 0.291 e. The topological polar surface area (TPSA) is 111 Å². The molecule has 0 aliphatic rings. The van der Waals surface area contributed by atoms with Gasteiger partial charge in [0.25, 0.3) is 11.8 Å². The highest BCUT2D eigenvalue weighted by Gasteiger charge is 2.19. The number of thiazole rings is 1. The number of carbonyl (C=O) groups excluding carboxylic acids is 2. The van der Waals surface area contributed by atoms with E-state index in [9.17, 15) is 9.59 Å². The zero-order valence-corrected chi connectivity index (χ0v) is 20.0. The summed E-state index contributed by atoms with van der Waals surface area (Å²) in [5.41, 5.74) is 2.18. The lowest BCUT2D eigenvalue weighted by atomic mass is 10.1. The second-order valence-electron chi connectivity index (χ2n) is 7.72. The molecule has 2 amide bonds. The van der Waals surface area contributed by atoms with Crippen molar-refractivity contribution in [2.45, 2.75) is 0 Å². The minimum absolute atomic E-state index is 0.198. The molecule has 9 nitrogen and oxygen atoms in total. The summed E-state index contributed by atoms with van der Waals surface area (Å²) in [6, 6.07) is 19.7. The Morgan fingerprint density at radius 3 is 2.67 bits per heavy atom. The zero-order chi connectivity index (χ0) is 24.9. The molecule has 10 heteroatoms. The number of ether oxygens (including phenoxy) is 1. The van der Waals surface area contributed by atoms with Crippen LogP contribution in [0, 0.1) is 0 Å². The molecule has 0 bridgehead atoms. The van der Waals surface area contributed by atoms with Crippen LogP contribution in [0.2, 0.25) is 0 Å². The van der Waals surface area contributed by atoms with Crippen LogP contribution in [0.3, 0.4) is 0 Å². The standard InChI is InChI=1S/C26H21N5O4S/c1-31-13-12-27-24(31)23-22(17-7-3-2-4-8-17)30-26(36-23)29-21(32)16-35-19-10-5-9-18(15-19)28-25(33)20-11-6-14-34-20/h2-15H,16H2,1H3,(H,28,33)(H,29,30,32). The average Bonchev–Trinajstić information content (AvgIpc) is 3.65. The molecule has 2 N–H and O–H groups in total. The highest BCUT2D eigenvalue weighted by Crippen LogP contribution is 2.38. The maximum atomic E-state index is 12.6. The number of hydrogen-bond acceptors (Lipinski definition) is 7. The molecular formula is C26H21N5O4S. The van der Waals surface area contributed by atoms with Gasteiger partial charge in [-0.2, -0.15) is 0 Å². The van der Waals surface area contributed by atoms with Crippen LogP contribution in [0.5, 0.6) is 5.75 Å². The molecule has 2 aromatic carbocycles. The molecule has 0 saturated carbocycles. The van der Waals surface area contributed by atoms with Crippen molar-refractivity contribution in [3.8, 4) is 27.7 Å². The fourth-order valence-corrected chi connectivity index (χ4v) is 4.51. The molecule has 5 rings (SSSR count). The lowest BCUT2D eigenvalue weighted by Gasteiger charge is -2.08. The van der Waals surface area contributed by atoms with Gasteiger partial charge in [-0.25, -0.2) is 9.97 Å². The monoisotopic (exact) mass is 499 g/mol. The quantitative estimate of drug-likeness (QED) is 0.308. The van der Waals surface area contributed by atoms with E-state index in [1.807, 2.05) is 48.1 Å². The molecule has 0 unspecified atom stereocenters. The molecule has 0 radical (unpaired) electrons. The number of rotatable bonds is 8. The Morgan fingerprint density at radius 1 is 1.06 bits per heavy atom. The third kappa shape index (κ3) is 5.18. The third-order valence-electron chi connectivity index (χ3n) is 5.15. The Balaban J connectivity index is 1.26. The van der Waals surface area contributed by atoms with Gasteiger partial charge in [-0.1, -0.05) is 47.7 Å². The lowest BCUT2D eigenvalue weighted by molar-refractivity contribution is -0.118. The Labute approximate surface area is 210 Å². The SMILES string of the molecule is Cn1ccnc1-c1sc(NC(=O)COc2cccc(NC(=O)c3ccco3)c2)nc1-c1ccccc1. The first-order valence-electron chi connectivity index (χ1n) is 11.0. The first kappa shape index (κ1) is 23.1. The van der Waals surface area contributed by atoms with Crippen molar-refractivity contribution in [2.75, 3.05) is 17.2 Å². The van der Waals surface area contributed by atoms with Crippen molar-refractivity contribution >= 4 is 34.0 Å². The van der Waals surface area contributed by atoms with Gasteiger partial charge in [0.15, 0.2) is 23.3 Å². The highest BCUT2D eigenvalue weighted by atomic mass is 32.1. The van der Waals surface area contributed by atoms with Crippen molar-refractivity contribution in [2.24, 2.45) is 7.05 Å². The number of imidazole rings is 1. The van der Waals surface area contributed by atoms with Gasteiger partial charge in [0.05, 0.1) is 16.8 Å². The van der Waals surface area contributed by atoms with Crippen molar-refractivity contribution in [1.82, 2.24) is 14.5 Å². The predicted molar refractivity (Wildman–Crippen MR) is 137 cm³/mol. The van der Waals surface area contributed by atoms with E-state index in [0.717, 1.165) is 22.0 Å². The minimum Gasteiger partial charge on any atom is -0.484 e. The van der Waals surface area contributed by atoms with Crippen molar-refractivity contribution in [1.29, 1.82) is 0 Å². The number of anilines is 2. The molecule has 0 aliphatic heterocycles. The number of hydrogen-bond donors (Lipinski definition) is 2. The molecule has 3 aromatic heterocycles. The largest absolute Gasteiger partial charge is 0.484 e. The molecule has 0 atom stereocenters. The van der Waals surface area contributed by atoms with Gasteiger partial charge >= 0.3 is 0 Å². The summed E-state index contributed by atoms with van der Waals surface area (Å²) >= 11 is 1.35. The highest BCUT2D eigenvalue weighted by molar-refractivity contribution is 7.19. The summed E-state index contributed by atoms with van der Waals surface area (Å²) in [6.07, 6.45) is 5.01. The maximum absolute atomic E-state index is 12.6. The Morgan fingerprint density at radius 2 is 1.92 bits per heavy atom. The first-order valence-corrected chi connectivity index (χ1v) is 11.8. The van der Waals surface area contributed by atoms with Gasteiger partial charge in [0, 0.05) is 36.8 Å². The molecular weight excluding hydrogens is 478 g/mol. The lowest BCUT2D eigenvalue weighted by Crippen LogP contribution is -2.20. The molecule has 180 valence electrons. The van der Waals surface area contributed by atoms with Crippen LogP contribution >= 0.6 is 11.3 Å². The number of nitrogens with one attached hydrogen (secondary N) is 2. The van der Waals surface area contributed by atoms with Crippen LogP contribution in [0.1, 0.15) is 10.6 Å². The van der Waals surface area contributed by atoms with Crippen LogP contribution in [0.15, 0.2) is 89.8 Å². The molecule has 0 spiro atoms. The van der Waals surface area contributed by atoms with E-state index in [-0.39, 0.29) is 24.2 Å². The van der Waals surface area contributed by atoms with E-state index in [4.69, 9.17) is 9.15 Å². The fourth-order valence-electron chi connectivity index (χ4n) is 3.47. The normalized spacial score (nSPS) is 10.7. The van der Waals surface area contributed by atoms with Crippen LogP contribution in [0.25, 0.3) is 22.0 Å². The average molecular weight is 500 g/mol. The Kier molecular flexibility index (Phi) is 6.59.